The first-order valence-electron chi connectivity index (χ1n) is 6.15. The van der Waals surface area contributed by atoms with E-state index in [1.165, 1.54) is 11.1 Å². The molecule has 0 aliphatic rings. The molecule has 0 spiro atoms. The van der Waals surface area contributed by atoms with Gasteiger partial charge in [0.2, 0.25) is 0 Å². The van der Waals surface area contributed by atoms with Crippen molar-refractivity contribution in [3.8, 4) is 0 Å². The second kappa shape index (κ2) is 5.65. The first kappa shape index (κ1) is 12.6. The topological polar surface area (TPSA) is 50.9 Å². The van der Waals surface area contributed by atoms with Gasteiger partial charge in [-0.15, -0.1) is 0 Å². The Morgan fingerprint density at radius 1 is 1.22 bits per heavy atom. The zero-order valence-corrected chi connectivity index (χ0v) is 10.9. The molecule has 0 saturated carbocycles. The minimum Gasteiger partial charge on any atom is -0.377 e. The summed E-state index contributed by atoms with van der Waals surface area (Å²) in [6.45, 7) is 4.77. The van der Waals surface area contributed by atoms with E-state index in [2.05, 4.69) is 42.3 Å². The van der Waals surface area contributed by atoms with E-state index in [1.54, 1.807) is 6.20 Å². The van der Waals surface area contributed by atoms with Gasteiger partial charge in [-0.1, -0.05) is 18.2 Å². The SMILES string of the molecule is Cc1cccc(NC(CN)c2cccnc2)c1C. The van der Waals surface area contributed by atoms with Gasteiger partial charge in [0.05, 0.1) is 6.04 Å². The van der Waals surface area contributed by atoms with Crippen molar-refractivity contribution in [2.45, 2.75) is 19.9 Å². The van der Waals surface area contributed by atoms with Gasteiger partial charge in [0.15, 0.2) is 0 Å². The number of nitrogens with two attached hydrogens (primary N) is 1. The van der Waals surface area contributed by atoms with Crippen molar-refractivity contribution in [3.05, 3.63) is 59.4 Å². The van der Waals surface area contributed by atoms with Crippen molar-refractivity contribution in [2.24, 2.45) is 5.73 Å². The van der Waals surface area contributed by atoms with Crippen LogP contribution in [0.15, 0.2) is 42.7 Å². The lowest BCUT2D eigenvalue weighted by Gasteiger charge is -2.20. The van der Waals surface area contributed by atoms with Gasteiger partial charge in [-0.25, -0.2) is 0 Å². The number of benzene rings is 1. The quantitative estimate of drug-likeness (QED) is 0.865. The van der Waals surface area contributed by atoms with Gasteiger partial charge in [-0.2, -0.15) is 0 Å². The first-order chi connectivity index (χ1) is 8.72. The molecule has 1 aromatic carbocycles. The van der Waals surface area contributed by atoms with Gasteiger partial charge >= 0.3 is 0 Å². The summed E-state index contributed by atoms with van der Waals surface area (Å²) in [5.41, 5.74) is 10.6. The fourth-order valence-electron chi connectivity index (χ4n) is 1.96. The largest absolute Gasteiger partial charge is 0.377 e. The Bertz CT molecular complexity index is 508. The number of aryl methyl sites for hydroxylation is 1. The Hall–Kier alpha value is -1.87. The Morgan fingerprint density at radius 3 is 2.72 bits per heavy atom. The predicted octanol–water partition coefficient (Wildman–Crippen LogP) is 2.81. The minimum atomic E-state index is 0.0965. The van der Waals surface area contributed by atoms with Crippen LogP contribution < -0.4 is 11.1 Å². The molecular formula is C15H19N3. The van der Waals surface area contributed by atoms with Crippen LogP contribution in [-0.2, 0) is 0 Å². The lowest BCUT2D eigenvalue weighted by Crippen LogP contribution is -2.21. The predicted molar refractivity (Wildman–Crippen MR) is 75.6 cm³/mol. The van der Waals surface area contributed by atoms with Crippen molar-refractivity contribution in [1.82, 2.24) is 4.98 Å². The highest BCUT2D eigenvalue weighted by atomic mass is 14.9. The van der Waals surface area contributed by atoms with Gasteiger partial charge in [0.1, 0.15) is 0 Å². The summed E-state index contributed by atoms with van der Waals surface area (Å²) in [6.07, 6.45) is 3.63. The number of hydrogen-bond acceptors (Lipinski definition) is 3. The molecule has 1 unspecified atom stereocenters. The molecule has 0 fully saturated rings. The van der Waals surface area contributed by atoms with E-state index in [9.17, 15) is 0 Å². The second-order valence-corrected chi connectivity index (χ2v) is 4.47. The molecule has 18 heavy (non-hydrogen) atoms. The fraction of sp³-hybridized carbons (Fsp3) is 0.267. The summed E-state index contributed by atoms with van der Waals surface area (Å²) in [7, 11) is 0. The van der Waals surface area contributed by atoms with Gasteiger partial charge in [0, 0.05) is 24.6 Å². The van der Waals surface area contributed by atoms with Crippen molar-refractivity contribution in [2.75, 3.05) is 11.9 Å². The number of anilines is 1. The molecule has 1 aromatic heterocycles. The third-order valence-corrected chi connectivity index (χ3v) is 3.26. The molecule has 94 valence electrons. The number of nitrogens with one attached hydrogen (secondary N) is 1. The summed E-state index contributed by atoms with van der Waals surface area (Å²) >= 11 is 0. The normalized spacial score (nSPS) is 12.2. The van der Waals surface area contributed by atoms with Crippen LogP contribution in [0.5, 0.6) is 0 Å². The van der Waals surface area contributed by atoms with Crippen LogP contribution in [0, 0.1) is 13.8 Å². The molecule has 0 aliphatic carbocycles. The Morgan fingerprint density at radius 2 is 2.06 bits per heavy atom. The van der Waals surface area contributed by atoms with Crippen LogP contribution in [0.4, 0.5) is 5.69 Å². The molecule has 2 aromatic rings. The van der Waals surface area contributed by atoms with E-state index in [0.29, 0.717) is 6.54 Å². The molecule has 0 aliphatic heterocycles. The molecule has 1 atom stereocenters. The molecule has 0 bridgehead atoms. The van der Waals surface area contributed by atoms with Crippen LogP contribution >= 0.6 is 0 Å². The number of nitrogens with zero attached hydrogens (tertiary/aromatic N) is 1. The van der Waals surface area contributed by atoms with Gasteiger partial charge in [0.25, 0.3) is 0 Å². The third kappa shape index (κ3) is 2.68. The lowest BCUT2D eigenvalue weighted by molar-refractivity contribution is 0.783. The van der Waals surface area contributed by atoms with Crippen molar-refractivity contribution >= 4 is 5.69 Å². The maximum atomic E-state index is 5.85. The van der Waals surface area contributed by atoms with E-state index in [4.69, 9.17) is 5.73 Å². The highest BCUT2D eigenvalue weighted by molar-refractivity contribution is 5.55. The minimum absolute atomic E-state index is 0.0965. The monoisotopic (exact) mass is 241 g/mol. The lowest BCUT2D eigenvalue weighted by atomic mass is 10.1. The first-order valence-corrected chi connectivity index (χ1v) is 6.15. The maximum Gasteiger partial charge on any atom is 0.0651 e. The average Bonchev–Trinajstić information content (AvgIpc) is 2.41. The smallest absolute Gasteiger partial charge is 0.0651 e. The number of pyridine rings is 1. The van der Waals surface area contributed by atoms with Gasteiger partial charge in [-0.05, 0) is 42.7 Å². The number of rotatable bonds is 4. The van der Waals surface area contributed by atoms with Crippen molar-refractivity contribution < 1.29 is 0 Å². The number of aromatic nitrogens is 1. The maximum absolute atomic E-state index is 5.85. The molecule has 0 radical (unpaired) electrons. The Labute approximate surface area is 108 Å². The van der Waals surface area contributed by atoms with E-state index in [1.807, 2.05) is 18.3 Å². The molecule has 1 heterocycles. The molecule has 0 amide bonds. The standard InChI is InChI=1S/C15H19N3/c1-11-5-3-7-14(12(11)2)18-15(9-16)13-6-4-8-17-10-13/h3-8,10,15,18H,9,16H2,1-2H3. The molecule has 3 N–H and O–H groups in total. The molecular weight excluding hydrogens is 222 g/mol. The van der Waals surface area contributed by atoms with E-state index in [-0.39, 0.29) is 6.04 Å². The third-order valence-electron chi connectivity index (χ3n) is 3.26. The average molecular weight is 241 g/mol. The summed E-state index contributed by atoms with van der Waals surface area (Å²) in [5.74, 6) is 0. The molecule has 2 rings (SSSR count). The van der Waals surface area contributed by atoms with Crippen LogP contribution in [0.1, 0.15) is 22.7 Å². The van der Waals surface area contributed by atoms with Crippen LogP contribution in [0.3, 0.4) is 0 Å². The number of hydrogen-bond donors (Lipinski definition) is 2. The van der Waals surface area contributed by atoms with Crippen LogP contribution in [0.25, 0.3) is 0 Å². The van der Waals surface area contributed by atoms with Crippen molar-refractivity contribution in [3.63, 3.8) is 0 Å². The van der Waals surface area contributed by atoms with Crippen LogP contribution in [0.2, 0.25) is 0 Å². The van der Waals surface area contributed by atoms with Crippen LogP contribution in [-0.4, -0.2) is 11.5 Å². The Balaban J connectivity index is 2.24. The highest BCUT2D eigenvalue weighted by Crippen LogP contribution is 2.23. The molecule has 3 nitrogen and oxygen atoms in total. The fourth-order valence-corrected chi connectivity index (χ4v) is 1.96. The summed E-state index contributed by atoms with van der Waals surface area (Å²) in [4.78, 5) is 4.14. The zero-order valence-electron chi connectivity index (χ0n) is 10.9. The highest BCUT2D eigenvalue weighted by Gasteiger charge is 2.10. The molecule has 0 saturated heterocycles. The second-order valence-electron chi connectivity index (χ2n) is 4.47. The molecule has 3 heteroatoms. The van der Waals surface area contributed by atoms with E-state index in [0.717, 1.165) is 11.3 Å². The Kier molecular flexibility index (Phi) is 3.95. The van der Waals surface area contributed by atoms with Gasteiger partial charge in [-0.3, -0.25) is 4.98 Å². The summed E-state index contributed by atoms with van der Waals surface area (Å²) in [6, 6.07) is 10.3. The van der Waals surface area contributed by atoms with E-state index >= 15 is 0 Å². The summed E-state index contributed by atoms with van der Waals surface area (Å²) < 4.78 is 0. The summed E-state index contributed by atoms with van der Waals surface area (Å²) in [5, 5.41) is 3.49. The van der Waals surface area contributed by atoms with Crippen molar-refractivity contribution in [1.29, 1.82) is 0 Å². The van der Waals surface area contributed by atoms with Gasteiger partial charge < -0.3 is 11.1 Å². The van der Waals surface area contributed by atoms with E-state index < -0.39 is 0 Å². The zero-order chi connectivity index (χ0) is 13.0.